The Labute approximate surface area is 214 Å². The summed E-state index contributed by atoms with van der Waals surface area (Å²) in [6, 6.07) is 5.20. The molecule has 0 amide bonds. The molecule has 2 aliphatic carbocycles. The molecule has 4 rings (SSSR count). The molecular formula is C29H34F4O4. The van der Waals surface area contributed by atoms with Gasteiger partial charge in [-0.25, -0.2) is 18.0 Å². The summed E-state index contributed by atoms with van der Waals surface area (Å²) in [5.74, 6) is -6.61. The molecule has 37 heavy (non-hydrogen) atoms. The van der Waals surface area contributed by atoms with E-state index < -0.39 is 46.7 Å². The number of halogens is 4. The molecule has 1 atom stereocenters. The van der Waals surface area contributed by atoms with Gasteiger partial charge in [-0.05, 0) is 98.8 Å². The highest BCUT2D eigenvalue weighted by Gasteiger charge is 2.32. The molecule has 1 unspecified atom stereocenters. The lowest BCUT2D eigenvalue weighted by molar-refractivity contribution is 0.0188. The summed E-state index contributed by atoms with van der Waals surface area (Å²) >= 11 is 0. The minimum absolute atomic E-state index is 0.0612. The van der Waals surface area contributed by atoms with Crippen molar-refractivity contribution >= 4 is 5.97 Å². The third-order valence-corrected chi connectivity index (χ3v) is 8.15. The molecule has 0 saturated heterocycles. The lowest BCUT2D eigenvalue weighted by Crippen LogP contribution is -2.26. The Morgan fingerprint density at radius 1 is 0.838 bits per heavy atom. The van der Waals surface area contributed by atoms with Crippen molar-refractivity contribution in [2.45, 2.75) is 95.2 Å². The van der Waals surface area contributed by atoms with Gasteiger partial charge < -0.3 is 14.9 Å². The van der Waals surface area contributed by atoms with Crippen LogP contribution in [0.5, 0.6) is 5.75 Å². The van der Waals surface area contributed by atoms with Crippen LogP contribution in [0, 0.1) is 29.2 Å². The zero-order chi connectivity index (χ0) is 26.7. The van der Waals surface area contributed by atoms with Gasteiger partial charge in [-0.3, -0.25) is 0 Å². The minimum Gasteiger partial charge on any atom is -0.505 e. The first-order valence-corrected chi connectivity index (χ1v) is 13.2. The number of ether oxygens (including phenoxy) is 1. The fourth-order valence-electron chi connectivity index (χ4n) is 5.96. The molecule has 0 radical (unpaired) electrons. The fourth-order valence-corrected chi connectivity index (χ4v) is 5.96. The average Bonchev–Trinajstić information content (AvgIpc) is 2.90. The lowest BCUT2D eigenvalue weighted by Gasteiger charge is -2.32. The van der Waals surface area contributed by atoms with Gasteiger partial charge in [0.25, 0.3) is 0 Å². The second kappa shape index (κ2) is 11.8. The Balaban J connectivity index is 1.34. The molecule has 0 aliphatic heterocycles. The summed E-state index contributed by atoms with van der Waals surface area (Å²) in [5, 5.41) is 19.5. The van der Waals surface area contributed by atoms with Crippen LogP contribution in [0.3, 0.4) is 0 Å². The number of aliphatic hydroxyl groups is 1. The maximum absolute atomic E-state index is 15.2. The molecule has 0 heterocycles. The lowest BCUT2D eigenvalue weighted by atomic mass is 9.75. The topological polar surface area (TPSA) is 66.8 Å². The van der Waals surface area contributed by atoms with E-state index in [9.17, 15) is 23.8 Å². The first-order valence-electron chi connectivity index (χ1n) is 13.2. The zero-order valence-electron chi connectivity index (χ0n) is 21.0. The largest absolute Gasteiger partial charge is 0.505 e. The first-order chi connectivity index (χ1) is 17.7. The number of carbonyl (C=O) groups is 1. The van der Waals surface area contributed by atoms with E-state index in [2.05, 4.69) is 0 Å². The van der Waals surface area contributed by atoms with E-state index in [0.29, 0.717) is 36.8 Å². The van der Waals surface area contributed by atoms with Crippen LogP contribution >= 0.6 is 0 Å². The Morgan fingerprint density at radius 3 is 1.92 bits per heavy atom. The molecule has 2 aromatic rings. The van der Waals surface area contributed by atoms with E-state index in [0.717, 1.165) is 50.7 Å². The molecule has 2 aliphatic rings. The molecule has 0 aromatic heterocycles. The Bertz CT molecular complexity index is 1110. The summed E-state index contributed by atoms with van der Waals surface area (Å²) in [4.78, 5) is 12.3. The molecule has 0 spiro atoms. The molecule has 4 nitrogen and oxygen atoms in total. The molecule has 0 bridgehead atoms. The first kappa shape index (κ1) is 27.4. The van der Waals surface area contributed by atoms with E-state index in [4.69, 9.17) is 4.74 Å². The van der Waals surface area contributed by atoms with Crippen LogP contribution in [-0.2, 0) is 4.74 Å². The van der Waals surface area contributed by atoms with Crippen molar-refractivity contribution in [3.05, 3.63) is 64.2 Å². The van der Waals surface area contributed by atoms with Crippen LogP contribution < -0.4 is 0 Å². The molecule has 8 heteroatoms. The SMILES string of the molecule is CCCC(O)C1CCC(c2ccc(C3CCC(OC(=O)c4ccc(O)c(F)c4F)CC3)c(F)c2F)CC1. The molecule has 202 valence electrons. The van der Waals surface area contributed by atoms with Gasteiger partial charge in [-0.1, -0.05) is 25.5 Å². The number of phenols is 1. The maximum Gasteiger partial charge on any atom is 0.341 e. The van der Waals surface area contributed by atoms with Gasteiger partial charge >= 0.3 is 5.97 Å². The van der Waals surface area contributed by atoms with Gasteiger partial charge in [0.05, 0.1) is 11.7 Å². The van der Waals surface area contributed by atoms with Gasteiger partial charge in [-0.2, -0.15) is 4.39 Å². The quantitative estimate of drug-likeness (QED) is 0.297. The van der Waals surface area contributed by atoms with Crippen LogP contribution in [0.4, 0.5) is 17.6 Å². The third kappa shape index (κ3) is 5.95. The number of aromatic hydroxyl groups is 1. The normalized spacial score (nSPS) is 25.0. The van der Waals surface area contributed by atoms with Crippen molar-refractivity contribution in [1.29, 1.82) is 0 Å². The minimum atomic E-state index is -1.51. The van der Waals surface area contributed by atoms with Crippen LogP contribution in [-0.4, -0.2) is 28.4 Å². The van der Waals surface area contributed by atoms with Gasteiger partial charge in [0, 0.05) is 0 Å². The number of aliphatic hydroxyl groups excluding tert-OH is 1. The molecule has 2 N–H and O–H groups in total. The van der Waals surface area contributed by atoms with E-state index in [1.807, 2.05) is 6.92 Å². The number of esters is 1. The van der Waals surface area contributed by atoms with E-state index in [-0.39, 0.29) is 23.9 Å². The smallest absolute Gasteiger partial charge is 0.341 e. The van der Waals surface area contributed by atoms with E-state index in [1.165, 1.54) is 0 Å². The van der Waals surface area contributed by atoms with Crippen molar-refractivity contribution in [1.82, 2.24) is 0 Å². The van der Waals surface area contributed by atoms with Crippen LogP contribution in [0.25, 0.3) is 0 Å². The van der Waals surface area contributed by atoms with Crippen LogP contribution in [0.2, 0.25) is 0 Å². The second-order valence-electron chi connectivity index (χ2n) is 10.5. The Hall–Kier alpha value is -2.61. The van der Waals surface area contributed by atoms with Crippen molar-refractivity contribution in [3.63, 3.8) is 0 Å². The fraction of sp³-hybridized carbons (Fsp3) is 0.552. The summed E-state index contributed by atoms with van der Waals surface area (Å²) in [6.07, 6.45) is 5.54. The highest BCUT2D eigenvalue weighted by Crippen LogP contribution is 2.42. The standard InChI is InChI=1S/C29H34F4O4/c1-2-3-23(34)18-6-4-16(5-7-18)20-12-13-21(26(31)25(20)30)17-8-10-19(11-9-17)37-29(36)22-14-15-24(35)28(33)27(22)32/h12-19,23,34-35H,2-11H2,1H3. The average molecular weight is 523 g/mol. The van der Waals surface area contributed by atoms with Gasteiger partial charge in [0.15, 0.2) is 23.2 Å². The van der Waals surface area contributed by atoms with Crippen LogP contribution in [0.15, 0.2) is 24.3 Å². The Kier molecular flexibility index (Phi) is 8.78. The monoisotopic (exact) mass is 522 g/mol. The summed E-state index contributed by atoms with van der Waals surface area (Å²) in [5.41, 5.74) is 0.107. The molecule has 2 fully saturated rings. The Morgan fingerprint density at radius 2 is 1.38 bits per heavy atom. The van der Waals surface area contributed by atoms with Crippen molar-refractivity contribution in [2.75, 3.05) is 0 Å². The van der Waals surface area contributed by atoms with E-state index in [1.54, 1.807) is 12.1 Å². The van der Waals surface area contributed by atoms with Crippen LogP contribution in [0.1, 0.15) is 104 Å². The number of phenolic OH excluding ortho intramolecular Hbond substituents is 1. The molecular weight excluding hydrogens is 488 g/mol. The second-order valence-corrected chi connectivity index (χ2v) is 10.5. The molecule has 2 saturated carbocycles. The predicted octanol–water partition coefficient (Wildman–Crippen LogP) is 7.27. The highest BCUT2D eigenvalue weighted by atomic mass is 19.2. The van der Waals surface area contributed by atoms with Crippen molar-refractivity contribution < 1.29 is 37.3 Å². The summed E-state index contributed by atoms with van der Waals surface area (Å²) in [7, 11) is 0. The summed E-state index contributed by atoms with van der Waals surface area (Å²) < 4.78 is 63.1. The maximum atomic E-state index is 15.2. The number of hydrogen-bond acceptors (Lipinski definition) is 4. The van der Waals surface area contributed by atoms with E-state index >= 15 is 8.78 Å². The number of rotatable bonds is 7. The number of hydrogen-bond donors (Lipinski definition) is 2. The summed E-state index contributed by atoms with van der Waals surface area (Å²) in [6.45, 7) is 2.04. The highest BCUT2D eigenvalue weighted by molar-refractivity contribution is 5.90. The van der Waals surface area contributed by atoms with Gasteiger partial charge in [0.2, 0.25) is 5.82 Å². The predicted molar refractivity (Wildman–Crippen MR) is 130 cm³/mol. The van der Waals surface area contributed by atoms with Crippen molar-refractivity contribution in [2.24, 2.45) is 5.92 Å². The third-order valence-electron chi connectivity index (χ3n) is 8.15. The van der Waals surface area contributed by atoms with Crippen molar-refractivity contribution in [3.8, 4) is 5.75 Å². The number of carbonyl (C=O) groups excluding carboxylic acids is 1. The number of benzene rings is 2. The van der Waals surface area contributed by atoms with Gasteiger partial charge in [-0.15, -0.1) is 0 Å². The van der Waals surface area contributed by atoms with Gasteiger partial charge in [0.1, 0.15) is 6.10 Å². The molecule has 2 aromatic carbocycles. The zero-order valence-corrected chi connectivity index (χ0v) is 21.0.